The van der Waals surface area contributed by atoms with Crippen LogP contribution in [0.15, 0.2) is 24.3 Å². The first-order valence-corrected chi connectivity index (χ1v) is 7.86. The lowest BCUT2D eigenvalue weighted by Crippen LogP contribution is -2.48. The molecule has 1 aromatic rings. The first-order valence-electron chi connectivity index (χ1n) is 7.48. The summed E-state index contributed by atoms with van der Waals surface area (Å²) < 4.78 is 4.99. The van der Waals surface area contributed by atoms with Gasteiger partial charge in [-0.3, -0.25) is 14.6 Å². The molecule has 0 saturated carbocycles. The summed E-state index contributed by atoms with van der Waals surface area (Å²) in [5.74, 6) is -0.134. The van der Waals surface area contributed by atoms with Gasteiger partial charge in [0.2, 0.25) is 0 Å². The molecule has 0 amide bonds. The first-order chi connectivity index (χ1) is 10.1. The van der Waals surface area contributed by atoms with Crippen molar-refractivity contribution in [3.8, 4) is 0 Å². The minimum atomic E-state index is -0.134. The number of carbonyl (C=O) groups excluding carboxylic acids is 1. The second-order valence-electron chi connectivity index (χ2n) is 5.31. The summed E-state index contributed by atoms with van der Waals surface area (Å²) in [6.45, 7) is 8.49. The lowest BCUT2D eigenvalue weighted by atomic mass is 10.1. The smallest absolute Gasteiger partial charge is 0.320 e. The minimum Gasteiger partial charge on any atom is -0.465 e. The molecule has 5 heteroatoms. The molecule has 1 fully saturated rings. The topological polar surface area (TPSA) is 32.8 Å². The largest absolute Gasteiger partial charge is 0.465 e. The van der Waals surface area contributed by atoms with Crippen LogP contribution in [0.25, 0.3) is 0 Å². The zero-order chi connectivity index (χ0) is 15.2. The number of halogens is 1. The van der Waals surface area contributed by atoms with Crippen molar-refractivity contribution < 1.29 is 9.53 Å². The number of piperazine rings is 1. The van der Waals surface area contributed by atoms with E-state index in [2.05, 4.69) is 22.8 Å². The van der Waals surface area contributed by atoms with Gasteiger partial charge in [-0.15, -0.1) is 0 Å². The number of ether oxygens (including phenoxy) is 1. The molecule has 1 atom stereocenters. The third kappa shape index (κ3) is 4.43. The standard InChI is InChI=1S/C16H23ClN2O2/c1-3-21-16(20)12-18-8-10-19(11-9-18)13(2)14-6-4-5-7-15(14)17/h4-7,13H,3,8-12H2,1-2H3. The molecule has 2 rings (SSSR count). The van der Waals surface area contributed by atoms with Crippen molar-refractivity contribution in [1.29, 1.82) is 0 Å². The van der Waals surface area contributed by atoms with Gasteiger partial charge in [0.15, 0.2) is 0 Å². The Kier molecular flexibility index (Phi) is 6.03. The van der Waals surface area contributed by atoms with Crippen LogP contribution in [0.4, 0.5) is 0 Å². The maximum absolute atomic E-state index is 11.5. The number of benzene rings is 1. The van der Waals surface area contributed by atoms with Crippen LogP contribution in [-0.2, 0) is 9.53 Å². The maximum Gasteiger partial charge on any atom is 0.320 e. The van der Waals surface area contributed by atoms with Gasteiger partial charge >= 0.3 is 5.97 Å². The minimum absolute atomic E-state index is 0.134. The Bertz CT molecular complexity index is 473. The lowest BCUT2D eigenvalue weighted by molar-refractivity contribution is -0.144. The van der Waals surface area contributed by atoms with Crippen LogP contribution in [0.5, 0.6) is 0 Å². The van der Waals surface area contributed by atoms with Gasteiger partial charge in [0.05, 0.1) is 13.2 Å². The third-order valence-corrected chi connectivity index (χ3v) is 4.31. The predicted molar refractivity (Wildman–Crippen MR) is 84.5 cm³/mol. The molecule has 116 valence electrons. The molecule has 1 unspecified atom stereocenters. The number of rotatable bonds is 5. The molecule has 1 aliphatic heterocycles. The van der Waals surface area contributed by atoms with E-state index in [4.69, 9.17) is 16.3 Å². The summed E-state index contributed by atoms with van der Waals surface area (Å²) in [6, 6.07) is 8.29. The van der Waals surface area contributed by atoms with Gasteiger partial charge in [-0.2, -0.15) is 0 Å². The average molecular weight is 311 g/mol. The van der Waals surface area contributed by atoms with Gasteiger partial charge in [-0.05, 0) is 25.5 Å². The summed E-state index contributed by atoms with van der Waals surface area (Å²) in [7, 11) is 0. The van der Waals surface area contributed by atoms with E-state index < -0.39 is 0 Å². The fourth-order valence-corrected chi connectivity index (χ4v) is 3.00. The van der Waals surface area contributed by atoms with Gasteiger partial charge in [-0.1, -0.05) is 29.8 Å². The van der Waals surface area contributed by atoms with Crippen molar-refractivity contribution in [3.63, 3.8) is 0 Å². The zero-order valence-corrected chi connectivity index (χ0v) is 13.5. The number of nitrogens with zero attached hydrogens (tertiary/aromatic N) is 2. The molecule has 1 aromatic carbocycles. The van der Waals surface area contributed by atoms with Crippen LogP contribution in [0, 0.1) is 0 Å². The van der Waals surface area contributed by atoms with E-state index in [0.717, 1.165) is 36.8 Å². The molecule has 0 N–H and O–H groups in total. The Balaban J connectivity index is 1.86. The molecule has 1 saturated heterocycles. The highest BCUT2D eigenvalue weighted by Crippen LogP contribution is 2.27. The number of esters is 1. The predicted octanol–water partition coefficient (Wildman–Crippen LogP) is 2.58. The van der Waals surface area contributed by atoms with Gasteiger partial charge in [0.1, 0.15) is 0 Å². The zero-order valence-electron chi connectivity index (χ0n) is 12.7. The lowest BCUT2D eigenvalue weighted by Gasteiger charge is -2.38. The van der Waals surface area contributed by atoms with Gasteiger partial charge in [0, 0.05) is 37.2 Å². The Morgan fingerprint density at radius 2 is 1.95 bits per heavy atom. The first kappa shape index (κ1) is 16.3. The van der Waals surface area contributed by atoms with Crippen molar-refractivity contribution in [3.05, 3.63) is 34.9 Å². The number of carbonyl (C=O) groups is 1. The van der Waals surface area contributed by atoms with Crippen LogP contribution in [0.1, 0.15) is 25.5 Å². The van der Waals surface area contributed by atoms with E-state index in [-0.39, 0.29) is 5.97 Å². The van der Waals surface area contributed by atoms with Crippen LogP contribution in [-0.4, -0.2) is 55.1 Å². The van der Waals surface area contributed by atoms with Gasteiger partial charge in [0.25, 0.3) is 0 Å². The molecule has 0 spiro atoms. The fourth-order valence-electron chi connectivity index (χ4n) is 2.71. The summed E-state index contributed by atoms with van der Waals surface area (Å²) in [5, 5.41) is 0.818. The van der Waals surface area contributed by atoms with E-state index in [1.54, 1.807) is 0 Å². The quantitative estimate of drug-likeness (QED) is 0.783. The highest BCUT2D eigenvalue weighted by atomic mass is 35.5. The fraction of sp³-hybridized carbons (Fsp3) is 0.562. The van der Waals surface area contributed by atoms with Crippen molar-refractivity contribution in [2.45, 2.75) is 19.9 Å². The van der Waals surface area contributed by atoms with Gasteiger partial charge < -0.3 is 4.74 Å². The number of hydrogen-bond acceptors (Lipinski definition) is 4. The molecule has 4 nitrogen and oxygen atoms in total. The Morgan fingerprint density at radius 1 is 1.29 bits per heavy atom. The van der Waals surface area contributed by atoms with Crippen LogP contribution < -0.4 is 0 Å². The van der Waals surface area contributed by atoms with Crippen molar-refractivity contribution in [2.75, 3.05) is 39.3 Å². The SMILES string of the molecule is CCOC(=O)CN1CCN(C(C)c2ccccc2Cl)CC1. The molecule has 0 radical (unpaired) electrons. The molecule has 21 heavy (non-hydrogen) atoms. The van der Waals surface area contributed by atoms with E-state index >= 15 is 0 Å². The second-order valence-corrected chi connectivity index (χ2v) is 5.72. The Labute approximate surface area is 131 Å². The van der Waals surface area contributed by atoms with Crippen LogP contribution in [0.2, 0.25) is 5.02 Å². The van der Waals surface area contributed by atoms with E-state index in [1.165, 1.54) is 0 Å². The molecule has 0 aromatic heterocycles. The molecule has 1 aliphatic rings. The second kappa shape index (κ2) is 7.78. The van der Waals surface area contributed by atoms with Crippen molar-refractivity contribution in [1.82, 2.24) is 9.80 Å². The summed E-state index contributed by atoms with van der Waals surface area (Å²) >= 11 is 6.27. The van der Waals surface area contributed by atoms with E-state index in [1.807, 2.05) is 25.1 Å². The van der Waals surface area contributed by atoms with E-state index in [0.29, 0.717) is 19.2 Å². The van der Waals surface area contributed by atoms with Crippen LogP contribution in [0.3, 0.4) is 0 Å². The van der Waals surface area contributed by atoms with Crippen molar-refractivity contribution in [2.24, 2.45) is 0 Å². The maximum atomic E-state index is 11.5. The highest BCUT2D eigenvalue weighted by Gasteiger charge is 2.24. The molecule has 1 heterocycles. The molecule has 0 aliphatic carbocycles. The third-order valence-electron chi connectivity index (χ3n) is 3.97. The van der Waals surface area contributed by atoms with Gasteiger partial charge in [-0.25, -0.2) is 0 Å². The Morgan fingerprint density at radius 3 is 2.57 bits per heavy atom. The summed E-state index contributed by atoms with van der Waals surface area (Å²) in [4.78, 5) is 16.1. The molecular weight excluding hydrogens is 288 g/mol. The molecular formula is C16H23ClN2O2. The van der Waals surface area contributed by atoms with Crippen molar-refractivity contribution >= 4 is 17.6 Å². The average Bonchev–Trinajstić information content (AvgIpc) is 2.48. The van der Waals surface area contributed by atoms with Crippen LogP contribution >= 0.6 is 11.6 Å². The number of hydrogen-bond donors (Lipinski definition) is 0. The summed E-state index contributed by atoms with van der Waals surface area (Å²) in [6.07, 6.45) is 0. The molecule has 0 bridgehead atoms. The normalized spacial score (nSPS) is 18.4. The highest BCUT2D eigenvalue weighted by molar-refractivity contribution is 6.31. The summed E-state index contributed by atoms with van der Waals surface area (Å²) in [5.41, 5.74) is 1.16. The Hall–Kier alpha value is -1.10. The van der Waals surface area contributed by atoms with E-state index in [9.17, 15) is 4.79 Å². The monoisotopic (exact) mass is 310 g/mol.